The predicted molar refractivity (Wildman–Crippen MR) is 57.1 cm³/mol. The van der Waals surface area contributed by atoms with Crippen molar-refractivity contribution in [3.8, 4) is 0 Å². The van der Waals surface area contributed by atoms with E-state index in [1.807, 2.05) is 11.7 Å². The number of rotatable bonds is 3. The predicted octanol–water partition coefficient (Wildman–Crippen LogP) is 1.32. The summed E-state index contributed by atoms with van der Waals surface area (Å²) in [5.74, 6) is 0. The molecule has 78 valence electrons. The Morgan fingerprint density at radius 3 is 2.43 bits per heavy atom. The summed E-state index contributed by atoms with van der Waals surface area (Å²) >= 11 is 0. The molecule has 0 spiro atoms. The molecule has 0 atom stereocenters. The van der Waals surface area contributed by atoms with Crippen molar-refractivity contribution in [1.29, 1.82) is 0 Å². The molecule has 0 radical (unpaired) electrons. The van der Waals surface area contributed by atoms with E-state index >= 15 is 0 Å². The third kappa shape index (κ3) is 1.46. The quantitative estimate of drug-likeness (QED) is 0.786. The zero-order valence-electron chi connectivity index (χ0n) is 9.30. The molecular formula is C11H19N3. The minimum Gasteiger partial charge on any atom is -0.330 e. The van der Waals surface area contributed by atoms with Gasteiger partial charge in [-0.25, -0.2) is 0 Å². The van der Waals surface area contributed by atoms with Gasteiger partial charge in [0.2, 0.25) is 0 Å². The van der Waals surface area contributed by atoms with Gasteiger partial charge in [0.05, 0.1) is 5.69 Å². The van der Waals surface area contributed by atoms with Gasteiger partial charge in [0.15, 0.2) is 0 Å². The van der Waals surface area contributed by atoms with Crippen molar-refractivity contribution in [2.75, 3.05) is 6.54 Å². The lowest BCUT2D eigenvalue weighted by Crippen LogP contribution is -2.18. The van der Waals surface area contributed by atoms with E-state index in [1.165, 1.54) is 29.8 Å². The van der Waals surface area contributed by atoms with Gasteiger partial charge in [0, 0.05) is 12.7 Å². The van der Waals surface area contributed by atoms with E-state index in [0.717, 1.165) is 13.0 Å². The molecule has 0 bridgehead atoms. The van der Waals surface area contributed by atoms with Gasteiger partial charge in [0.1, 0.15) is 0 Å². The van der Waals surface area contributed by atoms with Gasteiger partial charge in [-0.15, -0.1) is 0 Å². The summed E-state index contributed by atoms with van der Waals surface area (Å²) in [5.41, 5.74) is 10.1. The Balaban J connectivity index is 2.24. The van der Waals surface area contributed by atoms with E-state index in [9.17, 15) is 0 Å². The highest BCUT2D eigenvalue weighted by Gasteiger charge is 2.42. The molecule has 2 rings (SSSR count). The summed E-state index contributed by atoms with van der Waals surface area (Å²) in [6.45, 7) is 5.05. The second kappa shape index (κ2) is 3.09. The highest BCUT2D eigenvalue weighted by atomic mass is 15.3. The zero-order chi connectivity index (χ0) is 10.3. The zero-order valence-corrected chi connectivity index (χ0v) is 9.30. The number of nitrogens with two attached hydrogens (primary N) is 1. The molecular weight excluding hydrogens is 174 g/mol. The van der Waals surface area contributed by atoms with Gasteiger partial charge < -0.3 is 5.73 Å². The van der Waals surface area contributed by atoms with Crippen LogP contribution in [0.1, 0.15) is 29.8 Å². The lowest BCUT2D eigenvalue weighted by Gasteiger charge is -2.12. The number of nitrogens with zero attached hydrogens (tertiary/aromatic N) is 2. The SMILES string of the molecule is Cc1nn(C)c(C)c1CC1(CN)CC1. The second-order valence-electron chi connectivity index (χ2n) is 4.65. The normalized spacial score (nSPS) is 18.6. The number of aryl methyl sites for hydroxylation is 2. The fraction of sp³-hybridized carbons (Fsp3) is 0.727. The summed E-state index contributed by atoms with van der Waals surface area (Å²) in [6.07, 6.45) is 3.70. The maximum Gasteiger partial charge on any atom is 0.0628 e. The summed E-state index contributed by atoms with van der Waals surface area (Å²) < 4.78 is 1.97. The van der Waals surface area contributed by atoms with Crippen molar-refractivity contribution in [1.82, 2.24) is 9.78 Å². The molecule has 0 saturated heterocycles. The van der Waals surface area contributed by atoms with Gasteiger partial charge in [-0.05, 0) is 50.6 Å². The Labute approximate surface area is 85.3 Å². The summed E-state index contributed by atoms with van der Waals surface area (Å²) in [7, 11) is 2.01. The third-order valence-corrected chi connectivity index (χ3v) is 3.60. The monoisotopic (exact) mass is 193 g/mol. The van der Waals surface area contributed by atoms with Crippen molar-refractivity contribution < 1.29 is 0 Å². The first-order chi connectivity index (χ1) is 6.58. The number of hydrogen-bond donors (Lipinski definition) is 1. The molecule has 1 aromatic heterocycles. The van der Waals surface area contributed by atoms with Crippen molar-refractivity contribution in [3.63, 3.8) is 0 Å². The average Bonchev–Trinajstić information content (AvgIpc) is 2.88. The molecule has 2 N–H and O–H groups in total. The van der Waals surface area contributed by atoms with Crippen LogP contribution in [0, 0.1) is 19.3 Å². The van der Waals surface area contributed by atoms with E-state index in [4.69, 9.17) is 5.73 Å². The van der Waals surface area contributed by atoms with Crippen LogP contribution in [0.4, 0.5) is 0 Å². The highest BCUT2D eigenvalue weighted by molar-refractivity contribution is 5.27. The number of hydrogen-bond acceptors (Lipinski definition) is 2. The maximum atomic E-state index is 5.80. The van der Waals surface area contributed by atoms with Gasteiger partial charge >= 0.3 is 0 Å². The standard InChI is InChI=1S/C11H19N3/c1-8-10(9(2)14(3)13-8)6-11(7-12)4-5-11/h4-7,12H2,1-3H3. The van der Waals surface area contributed by atoms with Crippen LogP contribution in [0.2, 0.25) is 0 Å². The molecule has 0 aliphatic heterocycles. The van der Waals surface area contributed by atoms with Crippen molar-refractivity contribution >= 4 is 0 Å². The molecule has 0 aromatic carbocycles. The third-order valence-electron chi connectivity index (χ3n) is 3.60. The molecule has 3 nitrogen and oxygen atoms in total. The highest BCUT2D eigenvalue weighted by Crippen LogP contribution is 2.47. The molecule has 0 unspecified atom stereocenters. The Morgan fingerprint density at radius 1 is 1.43 bits per heavy atom. The Kier molecular flexibility index (Phi) is 2.14. The molecule has 14 heavy (non-hydrogen) atoms. The van der Waals surface area contributed by atoms with Crippen LogP contribution in [0.25, 0.3) is 0 Å². The van der Waals surface area contributed by atoms with Crippen molar-refractivity contribution in [3.05, 3.63) is 17.0 Å². The van der Waals surface area contributed by atoms with Crippen molar-refractivity contribution in [2.24, 2.45) is 18.2 Å². The smallest absolute Gasteiger partial charge is 0.0628 e. The van der Waals surface area contributed by atoms with E-state index in [-0.39, 0.29) is 0 Å². The molecule has 1 saturated carbocycles. The maximum absolute atomic E-state index is 5.80. The van der Waals surface area contributed by atoms with Crippen LogP contribution < -0.4 is 5.73 Å². The molecule has 1 fully saturated rings. The lowest BCUT2D eigenvalue weighted by molar-refractivity contribution is 0.518. The minimum atomic E-state index is 0.415. The fourth-order valence-electron chi connectivity index (χ4n) is 2.08. The molecule has 1 aliphatic rings. The topological polar surface area (TPSA) is 43.8 Å². The van der Waals surface area contributed by atoms with E-state index in [0.29, 0.717) is 5.41 Å². The van der Waals surface area contributed by atoms with Gasteiger partial charge in [0.25, 0.3) is 0 Å². The van der Waals surface area contributed by atoms with Crippen molar-refractivity contribution in [2.45, 2.75) is 33.1 Å². The lowest BCUT2D eigenvalue weighted by atomic mass is 9.95. The van der Waals surface area contributed by atoms with Gasteiger partial charge in [-0.3, -0.25) is 4.68 Å². The van der Waals surface area contributed by atoms with E-state index in [1.54, 1.807) is 0 Å². The first kappa shape index (κ1) is 9.71. The van der Waals surface area contributed by atoms with Crippen LogP contribution in [-0.2, 0) is 13.5 Å². The molecule has 1 aromatic rings. The van der Waals surface area contributed by atoms with Crippen LogP contribution in [0.5, 0.6) is 0 Å². The van der Waals surface area contributed by atoms with E-state index in [2.05, 4.69) is 18.9 Å². The average molecular weight is 193 g/mol. The number of aromatic nitrogens is 2. The first-order valence-corrected chi connectivity index (χ1v) is 5.27. The van der Waals surface area contributed by atoms with Gasteiger partial charge in [-0.1, -0.05) is 0 Å². The molecule has 1 heterocycles. The van der Waals surface area contributed by atoms with Crippen LogP contribution >= 0.6 is 0 Å². The summed E-state index contributed by atoms with van der Waals surface area (Å²) in [4.78, 5) is 0. The second-order valence-corrected chi connectivity index (χ2v) is 4.65. The van der Waals surface area contributed by atoms with Crippen LogP contribution in [0.3, 0.4) is 0 Å². The van der Waals surface area contributed by atoms with Crippen LogP contribution in [-0.4, -0.2) is 16.3 Å². The van der Waals surface area contributed by atoms with E-state index < -0.39 is 0 Å². The summed E-state index contributed by atoms with van der Waals surface area (Å²) in [6, 6.07) is 0. The minimum absolute atomic E-state index is 0.415. The fourth-order valence-corrected chi connectivity index (χ4v) is 2.08. The molecule has 0 amide bonds. The Hall–Kier alpha value is -0.830. The van der Waals surface area contributed by atoms with Gasteiger partial charge in [-0.2, -0.15) is 5.10 Å². The first-order valence-electron chi connectivity index (χ1n) is 5.27. The largest absolute Gasteiger partial charge is 0.330 e. The molecule has 1 aliphatic carbocycles. The molecule has 3 heteroatoms. The Morgan fingerprint density at radius 2 is 2.07 bits per heavy atom. The summed E-state index contributed by atoms with van der Waals surface area (Å²) in [5, 5.41) is 4.43. The Bertz CT molecular complexity index is 348. The van der Waals surface area contributed by atoms with Crippen LogP contribution in [0.15, 0.2) is 0 Å².